The van der Waals surface area contributed by atoms with Crippen LogP contribution in [0, 0.1) is 6.92 Å². The molecular formula is C13H20N6S. The second-order valence-corrected chi connectivity index (χ2v) is 6.12. The van der Waals surface area contributed by atoms with E-state index in [4.69, 9.17) is 5.73 Å². The van der Waals surface area contributed by atoms with E-state index in [9.17, 15) is 0 Å². The SMILES string of the molecule is Cc1nn(C)c(Sc2nnc3n2CCCCC3)c1CN. The topological polar surface area (TPSA) is 74.5 Å². The maximum Gasteiger partial charge on any atom is 0.197 e. The molecule has 0 bridgehead atoms. The third-order valence-electron chi connectivity index (χ3n) is 3.76. The quantitative estimate of drug-likeness (QED) is 0.931. The lowest BCUT2D eigenvalue weighted by Gasteiger charge is -2.07. The molecule has 0 fully saturated rings. The van der Waals surface area contributed by atoms with Crippen LogP contribution in [-0.2, 0) is 26.6 Å². The Morgan fingerprint density at radius 3 is 2.90 bits per heavy atom. The van der Waals surface area contributed by atoms with Crippen LogP contribution in [0.25, 0.3) is 0 Å². The van der Waals surface area contributed by atoms with Crippen molar-refractivity contribution in [2.24, 2.45) is 12.8 Å². The van der Waals surface area contributed by atoms with Crippen LogP contribution >= 0.6 is 11.8 Å². The van der Waals surface area contributed by atoms with Gasteiger partial charge in [-0.3, -0.25) is 4.68 Å². The van der Waals surface area contributed by atoms with Gasteiger partial charge in [-0.1, -0.05) is 6.42 Å². The molecule has 7 heteroatoms. The first-order valence-corrected chi connectivity index (χ1v) is 7.85. The highest BCUT2D eigenvalue weighted by Gasteiger charge is 2.19. The summed E-state index contributed by atoms with van der Waals surface area (Å²) in [6.07, 6.45) is 4.71. The molecule has 0 atom stereocenters. The summed E-state index contributed by atoms with van der Waals surface area (Å²) in [4.78, 5) is 0. The normalized spacial score (nSPS) is 15.2. The van der Waals surface area contributed by atoms with Gasteiger partial charge < -0.3 is 10.3 Å². The van der Waals surface area contributed by atoms with Gasteiger partial charge in [0.1, 0.15) is 10.9 Å². The zero-order chi connectivity index (χ0) is 14.1. The lowest BCUT2D eigenvalue weighted by Crippen LogP contribution is -2.04. The van der Waals surface area contributed by atoms with Gasteiger partial charge in [-0.25, -0.2) is 0 Å². The molecule has 2 aromatic rings. The van der Waals surface area contributed by atoms with Crippen molar-refractivity contribution in [1.82, 2.24) is 24.5 Å². The van der Waals surface area contributed by atoms with Crippen LogP contribution < -0.4 is 5.73 Å². The summed E-state index contributed by atoms with van der Waals surface area (Å²) in [5, 5.41) is 15.2. The molecule has 1 aliphatic heterocycles. The molecule has 6 nitrogen and oxygen atoms in total. The highest BCUT2D eigenvalue weighted by Crippen LogP contribution is 2.31. The van der Waals surface area contributed by atoms with Crippen molar-refractivity contribution < 1.29 is 0 Å². The van der Waals surface area contributed by atoms with Crippen LogP contribution in [-0.4, -0.2) is 24.5 Å². The molecule has 0 radical (unpaired) electrons. The number of aryl methyl sites for hydroxylation is 3. The minimum absolute atomic E-state index is 0.503. The fraction of sp³-hybridized carbons (Fsp3) is 0.615. The van der Waals surface area contributed by atoms with Crippen molar-refractivity contribution >= 4 is 11.8 Å². The molecule has 0 saturated carbocycles. The molecule has 0 aromatic carbocycles. The molecule has 1 aliphatic rings. The van der Waals surface area contributed by atoms with E-state index < -0.39 is 0 Å². The first kappa shape index (κ1) is 13.6. The third kappa shape index (κ3) is 2.35. The Morgan fingerprint density at radius 1 is 1.25 bits per heavy atom. The van der Waals surface area contributed by atoms with E-state index in [-0.39, 0.29) is 0 Å². The monoisotopic (exact) mass is 292 g/mol. The Morgan fingerprint density at radius 2 is 2.10 bits per heavy atom. The Balaban J connectivity index is 1.94. The molecule has 3 rings (SSSR count). The predicted molar refractivity (Wildman–Crippen MR) is 77.5 cm³/mol. The van der Waals surface area contributed by atoms with E-state index in [1.54, 1.807) is 11.8 Å². The second kappa shape index (κ2) is 5.57. The fourth-order valence-electron chi connectivity index (χ4n) is 2.66. The highest BCUT2D eigenvalue weighted by atomic mass is 32.2. The number of hydrogen-bond acceptors (Lipinski definition) is 5. The Labute approximate surface area is 122 Å². The number of rotatable bonds is 3. The molecule has 0 aliphatic carbocycles. The van der Waals surface area contributed by atoms with Crippen molar-refractivity contribution in [1.29, 1.82) is 0 Å². The number of aromatic nitrogens is 5. The Hall–Kier alpha value is -1.34. The summed E-state index contributed by atoms with van der Waals surface area (Å²) in [6, 6.07) is 0. The number of nitrogens with two attached hydrogens (primary N) is 1. The fourth-order valence-corrected chi connectivity index (χ4v) is 3.75. The molecule has 2 N–H and O–H groups in total. The molecule has 2 aromatic heterocycles. The lowest BCUT2D eigenvalue weighted by atomic mass is 10.2. The van der Waals surface area contributed by atoms with Crippen LogP contribution in [0.4, 0.5) is 0 Å². The van der Waals surface area contributed by atoms with Gasteiger partial charge >= 0.3 is 0 Å². The minimum atomic E-state index is 0.503. The van der Waals surface area contributed by atoms with Crippen LogP contribution in [0.15, 0.2) is 10.2 Å². The van der Waals surface area contributed by atoms with Gasteiger partial charge in [-0.05, 0) is 31.5 Å². The molecular weight excluding hydrogens is 272 g/mol. The van der Waals surface area contributed by atoms with Gasteiger partial charge in [0.2, 0.25) is 0 Å². The minimum Gasteiger partial charge on any atom is -0.326 e. The molecule has 20 heavy (non-hydrogen) atoms. The summed E-state index contributed by atoms with van der Waals surface area (Å²) in [5.74, 6) is 1.11. The Kier molecular flexibility index (Phi) is 3.80. The lowest BCUT2D eigenvalue weighted by molar-refractivity contribution is 0.589. The standard InChI is InChI=1S/C13H20N6S/c1-9-10(8-14)12(18(2)17-9)20-13-16-15-11-6-4-3-5-7-19(11)13/h3-8,14H2,1-2H3. The van der Waals surface area contributed by atoms with Crippen molar-refractivity contribution in [3.05, 3.63) is 17.1 Å². The average Bonchev–Trinajstić information content (AvgIpc) is 2.81. The summed E-state index contributed by atoms with van der Waals surface area (Å²) in [7, 11) is 1.95. The van der Waals surface area contributed by atoms with Crippen molar-refractivity contribution in [3.63, 3.8) is 0 Å². The van der Waals surface area contributed by atoms with Gasteiger partial charge in [0.05, 0.1) is 5.69 Å². The van der Waals surface area contributed by atoms with E-state index in [1.807, 2.05) is 18.7 Å². The van der Waals surface area contributed by atoms with E-state index in [0.29, 0.717) is 6.54 Å². The molecule has 0 saturated heterocycles. The first-order chi connectivity index (χ1) is 9.70. The van der Waals surface area contributed by atoms with E-state index in [2.05, 4.69) is 19.9 Å². The van der Waals surface area contributed by atoms with Crippen LogP contribution in [0.3, 0.4) is 0 Å². The van der Waals surface area contributed by atoms with Crippen LogP contribution in [0.5, 0.6) is 0 Å². The predicted octanol–water partition coefficient (Wildman–Crippen LogP) is 1.66. The number of nitrogens with zero attached hydrogens (tertiary/aromatic N) is 5. The summed E-state index contributed by atoms with van der Waals surface area (Å²) in [6.45, 7) is 3.51. The van der Waals surface area contributed by atoms with E-state index in [0.717, 1.165) is 40.2 Å². The molecule has 0 amide bonds. The number of hydrogen-bond donors (Lipinski definition) is 1. The second-order valence-electron chi connectivity index (χ2n) is 5.16. The van der Waals surface area contributed by atoms with Crippen LogP contribution in [0.1, 0.15) is 36.3 Å². The average molecular weight is 292 g/mol. The van der Waals surface area contributed by atoms with Gasteiger partial charge in [0.25, 0.3) is 0 Å². The van der Waals surface area contributed by atoms with Crippen molar-refractivity contribution in [2.75, 3.05) is 0 Å². The first-order valence-electron chi connectivity index (χ1n) is 7.03. The largest absolute Gasteiger partial charge is 0.326 e. The van der Waals surface area contributed by atoms with Crippen LogP contribution in [0.2, 0.25) is 0 Å². The zero-order valence-corrected chi connectivity index (χ0v) is 12.8. The highest BCUT2D eigenvalue weighted by molar-refractivity contribution is 7.99. The molecule has 0 spiro atoms. The Bertz CT molecular complexity index is 615. The van der Waals surface area contributed by atoms with Gasteiger partial charge in [-0.15, -0.1) is 10.2 Å². The van der Waals surface area contributed by atoms with Gasteiger partial charge in [0, 0.05) is 32.1 Å². The zero-order valence-electron chi connectivity index (χ0n) is 12.0. The maximum absolute atomic E-state index is 5.85. The van der Waals surface area contributed by atoms with Gasteiger partial charge in [-0.2, -0.15) is 5.10 Å². The van der Waals surface area contributed by atoms with Crippen molar-refractivity contribution in [2.45, 2.75) is 55.9 Å². The third-order valence-corrected chi connectivity index (χ3v) is 4.95. The molecule has 108 valence electrons. The maximum atomic E-state index is 5.85. The van der Waals surface area contributed by atoms with E-state index in [1.165, 1.54) is 19.3 Å². The smallest absolute Gasteiger partial charge is 0.197 e. The summed E-state index contributed by atoms with van der Waals surface area (Å²) >= 11 is 1.63. The molecule has 0 unspecified atom stereocenters. The summed E-state index contributed by atoms with van der Waals surface area (Å²) in [5.41, 5.74) is 7.94. The van der Waals surface area contributed by atoms with Crippen molar-refractivity contribution in [3.8, 4) is 0 Å². The van der Waals surface area contributed by atoms with E-state index >= 15 is 0 Å². The van der Waals surface area contributed by atoms with Gasteiger partial charge in [0.15, 0.2) is 5.16 Å². The number of fused-ring (bicyclic) bond motifs is 1. The molecule has 3 heterocycles. The summed E-state index contributed by atoms with van der Waals surface area (Å²) < 4.78 is 4.14.